The van der Waals surface area contributed by atoms with Crippen LogP contribution < -0.4 is 10.6 Å². The molecule has 0 saturated heterocycles. The second-order valence-corrected chi connectivity index (χ2v) is 5.69. The summed E-state index contributed by atoms with van der Waals surface area (Å²) in [6, 6.07) is 12.5. The summed E-state index contributed by atoms with van der Waals surface area (Å²) in [5.74, 6) is -0.966. The van der Waals surface area contributed by atoms with Crippen LogP contribution in [0.4, 0.5) is 10.1 Å². The van der Waals surface area contributed by atoms with Gasteiger partial charge in [-0.1, -0.05) is 6.07 Å². The SMILES string of the molecule is CNC(=O)c1ccc(NC(=O)c2ccn(-c3cccc(F)c3)n2)c(C)c1. The first-order valence-corrected chi connectivity index (χ1v) is 7.93. The normalized spacial score (nSPS) is 10.4. The van der Waals surface area contributed by atoms with Crippen LogP contribution in [-0.2, 0) is 0 Å². The van der Waals surface area contributed by atoms with E-state index < -0.39 is 5.91 Å². The standard InChI is InChI=1S/C19H17FN4O2/c1-12-10-13(18(25)21-2)6-7-16(12)22-19(26)17-8-9-24(23-17)15-5-3-4-14(20)11-15/h3-11H,1-2H3,(H,21,25)(H,22,26). The molecule has 0 aliphatic carbocycles. The molecule has 0 atom stereocenters. The quantitative estimate of drug-likeness (QED) is 0.758. The summed E-state index contributed by atoms with van der Waals surface area (Å²) in [5, 5.41) is 9.50. The molecule has 0 aliphatic rings. The monoisotopic (exact) mass is 352 g/mol. The molecule has 0 spiro atoms. The number of amides is 2. The van der Waals surface area contributed by atoms with Crippen molar-refractivity contribution >= 4 is 17.5 Å². The van der Waals surface area contributed by atoms with Gasteiger partial charge in [-0.25, -0.2) is 9.07 Å². The predicted molar refractivity (Wildman–Crippen MR) is 96.0 cm³/mol. The smallest absolute Gasteiger partial charge is 0.276 e. The Balaban J connectivity index is 1.78. The lowest BCUT2D eigenvalue weighted by Gasteiger charge is -2.09. The van der Waals surface area contributed by atoms with Crippen LogP contribution in [0.15, 0.2) is 54.7 Å². The van der Waals surface area contributed by atoms with E-state index in [2.05, 4.69) is 15.7 Å². The van der Waals surface area contributed by atoms with Gasteiger partial charge in [-0.2, -0.15) is 5.10 Å². The van der Waals surface area contributed by atoms with Crippen LogP contribution in [0.25, 0.3) is 5.69 Å². The molecule has 0 unspecified atom stereocenters. The highest BCUT2D eigenvalue weighted by molar-refractivity contribution is 6.03. The minimum absolute atomic E-state index is 0.195. The molecule has 6 nitrogen and oxygen atoms in total. The van der Waals surface area contributed by atoms with Gasteiger partial charge in [0, 0.05) is 24.5 Å². The number of nitrogens with zero attached hydrogens (tertiary/aromatic N) is 2. The largest absolute Gasteiger partial charge is 0.355 e. The molecule has 2 aromatic carbocycles. The van der Waals surface area contributed by atoms with Crippen molar-refractivity contribution in [1.82, 2.24) is 15.1 Å². The summed E-state index contributed by atoms with van der Waals surface area (Å²) in [4.78, 5) is 24.1. The molecule has 0 aliphatic heterocycles. The number of anilines is 1. The number of rotatable bonds is 4. The molecule has 2 amide bonds. The van der Waals surface area contributed by atoms with Crippen molar-refractivity contribution in [3.8, 4) is 5.69 Å². The van der Waals surface area contributed by atoms with Gasteiger partial charge in [0.25, 0.3) is 11.8 Å². The number of carbonyl (C=O) groups excluding carboxylic acids is 2. The molecule has 0 bridgehead atoms. The van der Waals surface area contributed by atoms with E-state index in [9.17, 15) is 14.0 Å². The van der Waals surface area contributed by atoms with E-state index in [0.717, 1.165) is 5.56 Å². The van der Waals surface area contributed by atoms with Crippen molar-refractivity contribution in [3.63, 3.8) is 0 Å². The summed E-state index contributed by atoms with van der Waals surface area (Å²) in [6.07, 6.45) is 1.59. The van der Waals surface area contributed by atoms with Crippen LogP contribution in [0.1, 0.15) is 26.4 Å². The highest BCUT2D eigenvalue weighted by Crippen LogP contribution is 2.18. The number of halogens is 1. The Morgan fingerprint density at radius 2 is 1.88 bits per heavy atom. The lowest BCUT2D eigenvalue weighted by atomic mass is 10.1. The molecule has 26 heavy (non-hydrogen) atoms. The van der Waals surface area contributed by atoms with Gasteiger partial charge in [0.15, 0.2) is 5.69 Å². The van der Waals surface area contributed by atoms with Gasteiger partial charge >= 0.3 is 0 Å². The zero-order chi connectivity index (χ0) is 18.7. The Kier molecular flexibility index (Phi) is 4.79. The van der Waals surface area contributed by atoms with Crippen LogP contribution in [-0.4, -0.2) is 28.6 Å². The summed E-state index contributed by atoms with van der Waals surface area (Å²) in [5.41, 5.74) is 2.57. The summed E-state index contributed by atoms with van der Waals surface area (Å²) in [6.45, 7) is 1.80. The van der Waals surface area contributed by atoms with Gasteiger partial charge in [-0.3, -0.25) is 9.59 Å². The maximum atomic E-state index is 13.3. The molecule has 0 fully saturated rings. The Morgan fingerprint density at radius 1 is 1.08 bits per heavy atom. The number of benzene rings is 2. The molecule has 3 rings (SSSR count). The predicted octanol–water partition coefficient (Wildman–Crippen LogP) is 2.93. The summed E-state index contributed by atoms with van der Waals surface area (Å²) in [7, 11) is 1.56. The second-order valence-electron chi connectivity index (χ2n) is 5.69. The summed E-state index contributed by atoms with van der Waals surface area (Å²) >= 11 is 0. The fourth-order valence-electron chi connectivity index (χ4n) is 2.48. The van der Waals surface area contributed by atoms with E-state index in [1.807, 2.05) is 0 Å². The molecule has 2 N–H and O–H groups in total. The molecule has 132 valence electrons. The van der Waals surface area contributed by atoms with E-state index in [1.54, 1.807) is 56.6 Å². The number of aryl methyl sites for hydroxylation is 1. The molecule has 1 heterocycles. The molecule has 7 heteroatoms. The number of hydrogen-bond acceptors (Lipinski definition) is 3. The summed E-state index contributed by atoms with van der Waals surface area (Å²) < 4.78 is 14.7. The highest BCUT2D eigenvalue weighted by Gasteiger charge is 2.13. The zero-order valence-corrected chi connectivity index (χ0v) is 14.3. The van der Waals surface area contributed by atoms with Gasteiger partial charge in [-0.15, -0.1) is 0 Å². The van der Waals surface area contributed by atoms with E-state index in [-0.39, 0.29) is 17.4 Å². The first-order chi connectivity index (χ1) is 12.5. The number of aromatic nitrogens is 2. The third-order valence-corrected chi connectivity index (χ3v) is 3.86. The van der Waals surface area contributed by atoms with E-state index in [4.69, 9.17) is 0 Å². The maximum Gasteiger partial charge on any atom is 0.276 e. The minimum Gasteiger partial charge on any atom is -0.355 e. The molecule has 0 saturated carbocycles. The molecular weight excluding hydrogens is 335 g/mol. The van der Waals surface area contributed by atoms with Crippen LogP contribution in [0.3, 0.4) is 0 Å². The van der Waals surface area contributed by atoms with Crippen LogP contribution in [0, 0.1) is 12.7 Å². The number of hydrogen-bond donors (Lipinski definition) is 2. The molecular formula is C19H17FN4O2. The van der Waals surface area contributed by atoms with Crippen LogP contribution in [0.2, 0.25) is 0 Å². The third-order valence-electron chi connectivity index (χ3n) is 3.86. The van der Waals surface area contributed by atoms with Gasteiger partial charge in [0.05, 0.1) is 5.69 Å². The van der Waals surface area contributed by atoms with Crippen molar-refractivity contribution < 1.29 is 14.0 Å². The Bertz CT molecular complexity index is 981. The number of nitrogens with one attached hydrogen (secondary N) is 2. The minimum atomic E-state index is -0.393. The Labute approximate surface area is 149 Å². The lowest BCUT2D eigenvalue weighted by molar-refractivity contribution is 0.0962. The Morgan fingerprint density at radius 3 is 2.58 bits per heavy atom. The zero-order valence-electron chi connectivity index (χ0n) is 14.3. The third kappa shape index (κ3) is 3.61. The van der Waals surface area contributed by atoms with Gasteiger partial charge in [0.1, 0.15) is 5.82 Å². The van der Waals surface area contributed by atoms with Crippen LogP contribution >= 0.6 is 0 Å². The van der Waals surface area contributed by atoms with Crippen molar-refractivity contribution in [1.29, 1.82) is 0 Å². The highest BCUT2D eigenvalue weighted by atomic mass is 19.1. The van der Waals surface area contributed by atoms with E-state index in [0.29, 0.717) is 16.9 Å². The first kappa shape index (κ1) is 17.3. The average molecular weight is 352 g/mol. The van der Waals surface area contributed by atoms with Crippen molar-refractivity contribution in [3.05, 3.63) is 77.4 Å². The fraction of sp³-hybridized carbons (Fsp3) is 0.105. The topological polar surface area (TPSA) is 76.0 Å². The Hall–Kier alpha value is -3.48. The number of carbonyl (C=O) groups is 2. The average Bonchev–Trinajstić information content (AvgIpc) is 3.13. The molecule has 1 aromatic heterocycles. The van der Waals surface area contributed by atoms with Gasteiger partial charge in [0.2, 0.25) is 0 Å². The maximum absolute atomic E-state index is 13.3. The van der Waals surface area contributed by atoms with Crippen molar-refractivity contribution in [2.45, 2.75) is 6.92 Å². The molecule has 3 aromatic rings. The first-order valence-electron chi connectivity index (χ1n) is 7.93. The van der Waals surface area contributed by atoms with Crippen molar-refractivity contribution in [2.75, 3.05) is 12.4 Å². The molecule has 0 radical (unpaired) electrons. The van der Waals surface area contributed by atoms with E-state index in [1.165, 1.54) is 16.8 Å². The van der Waals surface area contributed by atoms with Gasteiger partial charge < -0.3 is 10.6 Å². The lowest BCUT2D eigenvalue weighted by Crippen LogP contribution is -2.18. The van der Waals surface area contributed by atoms with Gasteiger partial charge in [-0.05, 0) is 55.0 Å². The second kappa shape index (κ2) is 7.18. The van der Waals surface area contributed by atoms with Crippen LogP contribution in [0.5, 0.6) is 0 Å². The fourth-order valence-corrected chi connectivity index (χ4v) is 2.48. The van der Waals surface area contributed by atoms with Crippen molar-refractivity contribution in [2.24, 2.45) is 0 Å². The van der Waals surface area contributed by atoms with E-state index >= 15 is 0 Å².